The maximum atomic E-state index is 6.43. The van der Waals surface area contributed by atoms with Gasteiger partial charge >= 0.3 is 0 Å². The molecule has 0 saturated carbocycles. The molecule has 0 aliphatic rings. The number of hydrogen-bond donors (Lipinski definition) is 1. The highest BCUT2D eigenvalue weighted by molar-refractivity contribution is 5.95. The van der Waals surface area contributed by atoms with Crippen molar-refractivity contribution < 1.29 is 0 Å². The largest absolute Gasteiger partial charge is 0.398 e. The summed E-state index contributed by atoms with van der Waals surface area (Å²) in [5.41, 5.74) is 10.4. The van der Waals surface area contributed by atoms with Gasteiger partial charge < -0.3 is 5.73 Å². The van der Waals surface area contributed by atoms with Gasteiger partial charge in [0.25, 0.3) is 0 Å². The Balaban J connectivity index is 2.42. The normalized spacial score (nSPS) is 11.8. The lowest BCUT2D eigenvalue weighted by molar-refractivity contribution is 0.592. The second-order valence-corrected chi connectivity index (χ2v) is 5.99. The number of hydrogen-bond acceptors (Lipinski definition) is 5. The molecule has 2 N–H and O–H groups in total. The Morgan fingerprint density at radius 2 is 1.81 bits per heavy atom. The number of anilines is 1. The van der Waals surface area contributed by atoms with Gasteiger partial charge in [-0.1, -0.05) is 20.8 Å². The van der Waals surface area contributed by atoms with Gasteiger partial charge in [0.2, 0.25) is 0 Å². The molecule has 5 nitrogen and oxygen atoms in total. The Morgan fingerprint density at radius 1 is 1.05 bits per heavy atom. The zero-order valence-corrected chi connectivity index (χ0v) is 12.3. The topological polar surface area (TPSA) is 77.6 Å². The van der Waals surface area contributed by atoms with Crippen LogP contribution in [0, 0.1) is 0 Å². The second kappa shape index (κ2) is 4.77. The molecular weight excluding hydrogens is 262 g/mol. The van der Waals surface area contributed by atoms with Crippen LogP contribution in [0.5, 0.6) is 0 Å². The van der Waals surface area contributed by atoms with Crippen LogP contribution in [0.2, 0.25) is 0 Å². The van der Waals surface area contributed by atoms with Gasteiger partial charge in [-0.15, -0.1) is 0 Å². The van der Waals surface area contributed by atoms with E-state index in [0.717, 1.165) is 33.5 Å². The first kappa shape index (κ1) is 13.4. The van der Waals surface area contributed by atoms with Crippen molar-refractivity contribution in [2.75, 3.05) is 5.73 Å². The molecule has 0 aromatic carbocycles. The van der Waals surface area contributed by atoms with Crippen LogP contribution in [0.4, 0.5) is 5.69 Å². The highest BCUT2D eigenvalue weighted by Crippen LogP contribution is 2.38. The van der Waals surface area contributed by atoms with Gasteiger partial charge in [0.05, 0.1) is 23.1 Å². The van der Waals surface area contributed by atoms with Crippen molar-refractivity contribution in [3.05, 3.63) is 42.6 Å². The summed E-state index contributed by atoms with van der Waals surface area (Å²) in [4.78, 5) is 17.2. The Labute approximate surface area is 123 Å². The van der Waals surface area contributed by atoms with Crippen LogP contribution in [0.25, 0.3) is 22.3 Å². The highest BCUT2D eigenvalue weighted by atomic mass is 14.9. The molecule has 0 unspecified atom stereocenters. The maximum absolute atomic E-state index is 6.43. The van der Waals surface area contributed by atoms with E-state index < -0.39 is 0 Å². The van der Waals surface area contributed by atoms with Crippen LogP contribution < -0.4 is 5.73 Å². The minimum absolute atomic E-state index is 0.144. The summed E-state index contributed by atoms with van der Waals surface area (Å²) in [5, 5.41) is 0.924. The predicted molar refractivity (Wildman–Crippen MR) is 83.7 cm³/mol. The lowest BCUT2D eigenvalue weighted by Crippen LogP contribution is -2.17. The number of nitrogens with zero attached hydrogens (tertiary/aromatic N) is 4. The lowest BCUT2D eigenvalue weighted by atomic mass is 9.83. The molecule has 0 atom stereocenters. The second-order valence-electron chi connectivity index (χ2n) is 5.99. The molecule has 3 heterocycles. The van der Waals surface area contributed by atoms with Crippen molar-refractivity contribution in [1.82, 2.24) is 19.9 Å². The van der Waals surface area contributed by atoms with E-state index in [2.05, 4.69) is 35.7 Å². The van der Waals surface area contributed by atoms with E-state index in [-0.39, 0.29) is 5.41 Å². The number of nitrogen functional groups attached to an aromatic ring is 1. The fourth-order valence-electron chi connectivity index (χ4n) is 2.52. The van der Waals surface area contributed by atoms with E-state index in [9.17, 15) is 0 Å². The van der Waals surface area contributed by atoms with Crippen molar-refractivity contribution in [3.63, 3.8) is 0 Å². The van der Waals surface area contributed by atoms with Crippen LogP contribution >= 0.6 is 0 Å². The summed E-state index contributed by atoms with van der Waals surface area (Å²) >= 11 is 0. The minimum atomic E-state index is -0.144. The maximum Gasteiger partial charge on any atom is 0.116 e. The fourth-order valence-corrected chi connectivity index (χ4v) is 2.52. The summed E-state index contributed by atoms with van der Waals surface area (Å²) in [5.74, 6) is 0. The predicted octanol–water partition coefficient (Wildman–Crippen LogP) is 2.97. The van der Waals surface area contributed by atoms with Crippen molar-refractivity contribution in [2.24, 2.45) is 0 Å². The van der Waals surface area contributed by atoms with Crippen LogP contribution in [0.3, 0.4) is 0 Å². The zero-order valence-electron chi connectivity index (χ0n) is 12.3. The summed E-state index contributed by atoms with van der Waals surface area (Å²) in [6, 6.07) is 3.75. The van der Waals surface area contributed by atoms with Gasteiger partial charge in [-0.2, -0.15) is 0 Å². The average Bonchev–Trinajstić information content (AvgIpc) is 2.46. The van der Waals surface area contributed by atoms with Crippen LogP contribution in [-0.4, -0.2) is 19.9 Å². The third-order valence-corrected chi connectivity index (χ3v) is 3.40. The molecule has 0 bridgehead atoms. The van der Waals surface area contributed by atoms with E-state index in [4.69, 9.17) is 10.7 Å². The molecule has 106 valence electrons. The number of pyridine rings is 2. The minimum Gasteiger partial charge on any atom is -0.398 e. The fraction of sp³-hybridized carbons (Fsp3) is 0.250. The third-order valence-electron chi connectivity index (χ3n) is 3.40. The van der Waals surface area contributed by atoms with Gasteiger partial charge in [0.1, 0.15) is 6.33 Å². The number of fused-ring (bicyclic) bond motifs is 1. The molecule has 0 fully saturated rings. The van der Waals surface area contributed by atoms with Gasteiger partial charge in [-0.05, 0) is 17.5 Å². The molecule has 0 aliphatic carbocycles. The average molecular weight is 279 g/mol. The molecular formula is C16H17N5. The van der Waals surface area contributed by atoms with Crippen LogP contribution in [-0.2, 0) is 5.41 Å². The first-order valence-electron chi connectivity index (χ1n) is 6.78. The standard InChI is InChI=1S/C16H17N5/c1-16(2,3)13-14(17)10-4-6-18-8-12(10)21-15(13)11-5-7-19-9-20-11/h4-9H,1-3H3,(H2,17,21). The van der Waals surface area contributed by atoms with Crippen molar-refractivity contribution >= 4 is 16.6 Å². The monoisotopic (exact) mass is 279 g/mol. The van der Waals surface area contributed by atoms with Gasteiger partial charge in [0, 0.05) is 29.0 Å². The summed E-state index contributed by atoms with van der Waals surface area (Å²) in [6.45, 7) is 6.37. The lowest BCUT2D eigenvalue weighted by Gasteiger charge is -2.25. The van der Waals surface area contributed by atoms with E-state index >= 15 is 0 Å². The molecule has 0 radical (unpaired) electrons. The molecule has 3 aromatic rings. The first-order chi connectivity index (χ1) is 9.98. The third kappa shape index (κ3) is 2.31. The van der Waals surface area contributed by atoms with Gasteiger partial charge in [-0.25, -0.2) is 15.0 Å². The number of nitrogens with two attached hydrogens (primary N) is 1. The van der Waals surface area contributed by atoms with E-state index in [1.807, 2.05) is 12.1 Å². The highest BCUT2D eigenvalue weighted by Gasteiger charge is 2.25. The van der Waals surface area contributed by atoms with E-state index in [1.165, 1.54) is 6.33 Å². The number of rotatable bonds is 1. The Kier molecular flexibility index (Phi) is 3.05. The number of aromatic nitrogens is 4. The Morgan fingerprint density at radius 3 is 2.48 bits per heavy atom. The SMILES string of the molecule is CC(C)(C)c1c(-c2ccncn2)nc2cnccc2c1N. The Bertz CT molecular complexity index is 791. The van der Waals surface area contributed by atoms with Gasteiger partial charge in [-0.3, -0.25) is 4.98 Å². The van der Waals surface area contributed by atoms with E-state index in [0.29, 0.717) is 0 Å². The summed E-state index contributed by atoms with van der Waals surface area (Å²) in [6.07, 6.45) is 6.69. The molecule has 0 spiro atoms. The van der Waals surface area contributed by atoms with Gasteiger partial charge in [0.15, 0.2) is 0 Å². The van der Waals surface area contributed by atoms with Crippen LogP contribution in [0.1, 0.15) is 26.3 Å². The smallest absolute Gasteiger partial charge is 0.116 e. The van der Waals surface area contributed by atoms with E-state index in [1.54, 1.807) is 18.6 Å². The molecule has 5 heteroatoms. The molecule has 0 amide bonds. The molecule has 3 rings (SSSR count). The van der Waals surface area contributed by atoms with Crippen molar-refractivity contribution in [3.8, 4) is 11.4 Å². The molecule has 0 saturated heterocycles. The molecule has 0 aliphatic heterocycles. The van der Waals surface area contributed by atoms with Crippen molar-refractivity contribution in [1.29, 1.82) is 0 Å². The van der Waals surface area contributed by atoms with Crippen molar-refractivity contribution in [2.45, 2.75) is 26.2 Å². The Hall–Kier alpha value is -2.56. The summed E-state index contributed by atoms with van der Waals surface area (Å²) in [7, 11) is 0. The van der Waals surface area contributed by atoms with Crippen LogP contribution in [0.15, 0.2) is 37.1 Å². The molecule has 21 heavy (non-hydrogen) atoms. The zero-order chi connectivity index (χ0) is 15.0. The quantitative estimate of drug-likeness (QED) is 0.741. The summed E-state index contributed by atoms with van der Waals surface area (Å²) < 4.78 is 0. The first-order valence-corrected chi connectivity index (χ1v) is 6.78. The molecule has 3 aromatic heterocycles.